The minimum Gasteiger partial charge on any atom is -0.330 e. The van der Waals surface area contributed by atoms with Gasteiger partial charge in [-0.2, -0.15) is 0 Å². The van der Waals surface area contributed by atoms with Gasteiger partial charge in [-0.15, -0.1) is 0 Å². The summed E-state index contributed by atoms with van der Waals surface area (Å²) >= 11 is 6.14. The monoisotopic (exact) mass is 414 g/mol. The molecule has 0 radical (unpaired) electrons. The van der Waals surface area contributed by atoms with Crippen LogP contribution in [0.3, 0.4) is 0 Å². The standard InChI is InChI=1S/C12H24Br2N4O2/c13-17-9(5-1-3-7-15)11(19)12(20)10(18-14)6-2-4-8-16/h9-10,17-18H,1-8,15-16H2/t9-,10-/m0/s1. The largest absolute Gasteiger partial charge is 0.330 e. The Morgan fingerprint density at radius 1 is 0.800 bits per heavy atom. The Bertz CT molecular complexity index is 265. The van der Waals surface area contributed by atoms with Gasteiger partial charge in [0.2, 0.25) is 11.6 Å². The van der Waals surface area contributed by atoms with Crippen LogP contribution in [0.2, 0.25) is 0 Å². The van der Waals surface area contributed by atoms with E-state index in [1.54, 1.807) is 0 Å². The number of rotatable bonds is 13. The summed E-state index contributed by atoms with van der Waals surface area (Å²) in [7, 11) is 0. The number of nitrogens with one attached hydrogen (secondary N) is 2. The Hall–Kier alpha value is 0.140. The predicted octanol–water partition coefficient (Wildman–Crippen LogP) is 0.919. The van der Waals surface area contributed by atoms with E-state index in [-0.39, 0.29) is 0 Å². The average Bonchev–Trinajstić information content (AvgIpc) is 2.47. The number of carbonyl (C=O) groups is 2. The van der Waals surface area contributed by atoms with Gasteiger partial charge in [-0.05, 0) is 38.8 Å². The molecule has 0 aromatic rings. The molecule has 20 heavy (non-hydrogen) atoms. The molecule has 0 aliphatic rings. The van der Waals surface area contributed by atoms with Gasteiger partial charge in [-0.25, -0.2) is 8.69 Å². The maximum atomic E-state index is 12.1. The van der Waals surface area contributed by atoms with Crippen molar-refractivity contribution in [1.82, 2.24) is 8.69 Å². The van der Waals surface area contributed by atoms with Gasteiger partial charge in [0.15, 0.2) is 0 Å². The van der Waals surface area contributed by atoms with E-state index in [9.17, 15) is 9.59 Å². The first-order chi connectivity index (χ1) is 9.62. The molecule has 0 amide bonds. The van der Waals surface area contributed by atoms with Gasteiger partial charge in [-0.3, -0.25) is 9.59 Å². The fourth-order valence-corrected chi connectivity index (χ4v) is 2.67. The number of halogens is 2. The van der Waals surface area contributed by atoms with Crippen molar-refractivity contribution in [3.05, 3.63) is 0 Å². The van der Waals surface area contributed by atoms with E-state index in [1.165, 1.54) is 0 Å². The van der Waals surface area contributed by atoms with Crippen molar-refractivity contribution in [3.8, 4) is 0 Å². The molecule has 0 aliphatic heterocycles. The highest BCUT2D eigenvalue weighted by Crippen LogP contribution is 2.09. The highest BCUT2D eigenvalue weighted by molar-refractivity contribution is 9.08. The molecule has 0 aromatic heterocycles. The fraction of sp³-hybridized carbons (Fsp3) is 0.833. The Labute approximate surface area is 137 Å². The number of unbranched alkanes of at least 4 members (excludes halogenated alkanes) is 2. The average molecular weight is 416 g/mol. The topological polar surface area (TPSA) is 110 Å². The maximum Gasteiger partial charge on any atom is 0.217 e. The summed E-state index contributed by atoms with van der Waals surface area (Å²) in [4.78, 5) is 24.3. The molecule has 0 aliphatic carbocycles. The summed E-state index contributed by atoms with van der Waals surface area (Å²) < 4.78 is 5.45. The molecule has 2 atom stereocenters. The predicted molar refractivity (Wildman–Crippen MR) is 87.5 cm³/mol. The molecular formula is C12H24Br2N4O2. The third-order valence-corrected chi connectivity index (χ3v) is 4.14. The third kappa shape index (κ3) is 7.80. The molecule has 0 rings (SSSR count). The Morgan fingerprint density at radius 2 is 1.15 bits per heavy atom. The lowest BCUT2D eigenvalue weighted by Gasteiger charge is -2.17. The summed E-state index contributed by atoms with van der Waals surface area (Å²) in [6, 6.07) is -1.01. The third-order valence-electron chi connectivity index (χ3n) is 3.03. The van der Waals surface area contributed by atoms with Crippen molar-refractivity contribution in [2.24, 2.45) is 11.5 Å². The number of Topliss-reactive ketones (excluding diaryl/α,β-unsaturated/α-hetero) is 2. The van der Waals surface area contributed by atoms with Crippen LogP contribution in [-0.2, 0) is 9.59 Å². The molecule has 0 spiro atoms. The van der Waals surface area contributed by atoms with Gasteiger partial charge >= 0.3 is 0 Å². The summed E-state index contributed by atoms with van der Waals surface area (Å²) in [5, 5.41) is 0. The van der Waals surface area contributed by atoms with Crippen molar-refractivity contribution >= 4 is 43.9 Å². The van der Waals surface area contributed by atoms with Crippen LogP contribution < -0.4 is 20.2 Å². The molecule has 0 unspecified atom stereocenters. The van der Waals surface area contributed by atoms with Crippen LogP contribution in [0, 0.1) is 0 Å². The minimum atomic E-state index is -0.507. The van der Waals surface area contributed by atoms with Crippen LogP contribution in [0.1, 0.15) is 38.5 Å². The molecule has 0 bridgehead atoms. The Morgan fingerprint density at radius 3 is 1.40 bits per heavy atom. The Kier molecular flexibility index (Phi) is 12.9. The first kappa shape index (κ1) is 20.1. The van der Waals surface area contributed by atoms with E-state index in [0.717, 1.165) is 25.7 Å². The summed E-state index contributed by atoms with van der Waals surface area (Å²) in [6.07, 6.45) is 4.46. The van der Waals surface area contributed by atoms with Crippen LogP contribution in [0.5, 0.6) is 0 Å². The van der Waals surface area contributed by atoms with Crippen LogP contribution in [0.15, 0.2) is 0 Å². The zero-order valence-electron chi connectivity index (χ0n) is 11.5. The number of carbonyl (C=O) groups excluding carboxylic acids is 2. The molecule has 0 saturated carbocycles. The van der Waals surface area contributed by atoms with Gasteiger partial charge < -0.3 is 11.5 Å². The summed E-state index contributed by atoms with van der Waals surface area (Å²) in [5.74, 6) is -0.827. The lowest BCUT2D eigenvalue weighted by molar-refractivity contribution is -0.138. The second-order valence-electron chi connectivity index (χ2n) is 4.62. The van der Waals surface area contributed by atoms with Crippen molar-refractivity contribution in [2.45, 2.75) is 50.6 Å². The van der Waals surface area contributed by atoms with E-state index >= 15 is 0 Å². The first-order valence-corrected chi connectivity index (χ1v) is 8.41. The molecule has 6 N–H and O–H groups in total. The minimum absolute atomic E-state index is 0.413. The van der Waals surface area contributed by atoms with E-state index in [4.69, 9.17) is 11.5 Å². The lowest BCUT2D eigenvalue weighted by Crippen LogP contribution is -2.44. The summed E-state index contributed by atoms with van der Waals surface area (Å²) in [6.45, 7) is 1.17. The molecule has 6 nitrogen and oxygen atoms in total. The van der Waals surface area contributed by atoms with Crippen molar-refractivity contribution in [2.75, 3.05) is 13.1 Å². The van der Waals surface area contributed by atoms with Gasteiger partial charge in [0, 0.05) is 32.3 Å². The van der Waals surface area contributed by atoms with Gasteiger partial charge in [0.1, 0.15) is 0 Å². The molecule has 0 fully saturated rings. The van der Waals surface area contributed by atoms with E-state index in [0.29, 0.717) is 25.9 Å². The lowest BCUT2D eigenvalue weighted by atomic mass is 9.97. The second kappa shape index (κ2) is 12.8. The van der Waals surface area contributed by atoms with Crippen LogP contribution in [-0.4, -0.2) is 36.7 Å². The fourth-order valence-electron chi connectivity index (χ4n) is 1.80. The molecule has 0 aromatic carbocycles. The smallest absolute Gasteiger partial charge is 0.217 e. The maximum absolute atomic E-state index is 12.1. The number of ketones is 2. The van der Waals surface area contributed by atoms with Gasteiger partial charge in [0.25, 0.3) is 0 Å². The SMILES string of the molecule is NCCCC[C@H](NBr)C(=O)C(=O)[C@H](CCCCN)NBr. The number of hydrogen-bond acceptors (Lipinski definition) is 6. The van der Waals surface area contributed by atoms with E-state index < -0.39 is 23.7 Å². The zero-order valence-corrected chi connectivity index (χ0v) is 14.7. The van der Waals surface area contributed by atoms with Crippen molar-refractivity contribution in [1.29, 1.82) is 0 Å². The first-order valence-electron chi connectivity index (χ1n) is 6.82. The number of hydrogen-bond donors (Lipinski definition) is 4. The van der Waals surface area contributed by atoms with Crippen LogP contribution in [0.25, 0.3) is 0 Å². The second-order valence-corrected chi connectivity index (χ2v) is 5.54. The zero-order chi connectivity index (χ0) is 15.4. The molecule has 0 saturated heterocycles. The normalized spacial score (nSPS) is 14.0. The van der Waals surface area contributed by atoms with Gasteiger partial charge in [-0.1, -0.05) is 12.8 Å². The van der Waals surface area contributed by atoms with E-state index in [1.807, 2.05) is 0 Å². The molecular weight excluding hydrogens is 392 g/mol. The molecule has 8 heteroatoms. The van der Waals surface area contributed by atoms with Crippen LogP contribution >= 0.6 is 32.3 Å². The van der Waals surface area contributed by atoms with Gasteiger partial charge in [0.05, 0.1) is 12.1 Å². The van der Waals surface area contributed by atoms with Crippen molar-refractivity contribution in [3.63, 3.8) is 0 Å². The Balaban J connectivity index is 4.40. The van der Waals surface area contributed by atoms with Crippen LogP contribution in [0.4, 0.5) is 0 Å². The van der Waals surface area contributed by atoms with Crippen molar-refractivity contribution < 1.29 is 9.59 Å². The molecule has 0 heterocycles. The molecule has 118 valence electrons. The number of nitrogens with two attached hydrogens (primary N) is 2. The highest BCUT2D eigenvalue weighted by atomic mass is 79.9. The summed E-state index contributed by atoms with van der Waals surface area (Å²) in [5.41, 5.74) is 10.8. The highest BCUT2D eigenvalue weighted by Gasteiger charge is 2.29. The van der Waals surface area contributed by atoms with E-state index in [2.05, 4.69) is 41.0 Å². The quantitative estimate of drug-likeness (QED) is 0.202.